The van der Waals surface area contributed by atoms with Crippen LogP contribution in [-0.2, 0) is 0 Å². The van der Waals surface area contributed by atoms with E-state index < -0.39 is 11.2 Å². The summed E-state index contributed by atoms with van der Waals surface area (Å²) in [6, 6.07) is 8.06. The fourth-order valence-corrected chi connectivity index (χ4v) is 3.41. The van der Waals surface area contributed by atoms with Gasteiger partial charge < -0.3 is 28.8 Å². The molecule has 7 nitrogen and oxygen atoms in total. The number of aromatic hydroxyl groups is 2. The predicted octanol–water partition coefficient (Wildman–Crippen LogP) is 6.41. The van der Waals surface area contributed by atoms with Crippen molar-refractivity contribution in [3.05, 3.63) is 40.6 Å². The van der Waals surface area contributed by atoms with Crippen molar-refractivity contribution >= 4 is 11.0 Å². The van der Waals surface area contributed by atoms with Crippen LogP contribution in [0.15, 0.2) is 39.5 Å². The highest BCUT2D eigenvalue weighted by Gasteiger charge is 2.20. The number of hydrogen-bond donors (Lipinski definition) is 2. The molecule has 0 saturated carbocycles. The quantitative estimate of drug-likeness (QED) is 0.279. The highest BCUT2D eigenvalue weighted by atomic mass is 16.5. The minimum atomic E-state index is -0.717. The molecule has 0 amide bonds. The Balaban J connectivity index is 2.04. The van der Waals surface area contributed by atoms with Crippen LogP contribution in [0.2, 0.25) is 0 Å². The second kappa shape index (κ2) is 12.2. The summed E-state index contributed by atoms with van der Waals surface area (Å²) in [7, 11) is 0. The third-order valence-electron chi connectivity index (χ3n) is 5.41. The van der Waals surface area contributed by atoms with Crippen molar-refractivity contribution in [1.29, 1.82) is 0 Å². The molecule has 0 aliphatic rings. The van der Waals surface area contributed by atoms with E-state index in [9.17, 15) is 15.0 Å². The monoisotopic (exact) mass is 470 g/mol. The van der Waals surface area contributed by atoms with E-state index in [-0.39, 0.29) is 22.5 Å². The van der Waals surface area contributed by atoms with Crippen LogP contribution in [0, 0.1) is 0 Å². The molecule has 0 fully saturated rings. The minimum Gasteiger partial charge on any atom is -0.507 e. The fourth-order valence-electron chi connectivity index (χ4n) is 3.41. The lowest BCUT2D eigenvalue weighted by atomic mass is 10.1. The Morgan fingerprint density at radius 2 is 1.41 bits per heavy atom. The van der Waals surface area contributed by atoms with Crippen LogP contribution in [0.25, 0.3) is 22.3 Å². The molecule has 184 valence electrons. The van der Waals surface area contributed by atoms with Crippen molar-refractivity contribution in [2.24, 2.45) is 0 Å². The van der Waals surface area contributed by atoms with Gasteiger partial charge in [0.2, 0.25) is 11.2 Å². The van der Waals surface area contributed by atoms with Crippen LogP contribution < -0.4 is 19.6 Å². The summed E-state index contributed by atoms with van der Waals surface area (Å²) in [5.74, 6) is 0.609. The number of unbranched alkanes of at least 4 members (excludes halogenated alkanes) is 3. The Labute approximate surface area is 199 Å². The topological polar surface area (TPSA) is 98.4 Å². The van der Waals surface area contributed by atoms with Gasteiger partial charge in [-0.1, -0.05) is 40.0 Å². The number of rotatable bonds is 13. The molecular weight excluding hydrogens is 436 g/mol. The molecule has 1 heterocycles. The SMILES string of the molecule is CCCCOc1cc(O)c2c(=O)c(O)c(-c3ccc(OCCCC)c(OCCCC)c3)oc2c1. The van der Waals surface area contributed by atoms with Crippen LogP contribution >= 0.6 is 0 Å². The predicted molar refractivity (Wildman–Crippen MR) is 132 cm³/mol. The molecule has 0 radical (unpaired) electrons. The van der Waals surface area contributed by atoms with Gasteiger partial charge in [0.1, 0.15) is 22.5 Å². The molecule has 0 aliphatic heterocycles. The number of phenolic OH excluding ortho intramolecular Hbond substituents is 1. The smallest absolute Gasteiger partial charge is 0.238 e. The number of benzene rings is 2. The highest BCUT2D eigenvalue weighted by Crippen LogP contribution is 2.39. The fraction of sp³-hybridized carbons (Fsp3) is 0.444. The maximum Gasteiger partial charge on any atom is 0.238 e. The third kappa shape index (κ3) is 5.95. The molecule has 0 bridgehead atoms. The molecular formula is C27H34O7. The van der Waals surface area contributed by atoms with Gasteiger partial charge in [0.25, 0.3) is 0 Å². The normalized spacial score (nSPS) is 11.0. The Hall–Kier alpha value is -3.35. The van der Waals surface area contributed by atoms with Crippen molar-refractivity contribution in [2.45, 2.75) is 59.3 Å². The Bertz CT molecular complexity index is 1150. The van der Waals surface area contributed by atoms with Gasteiger partial charge in [-0.15, -0.1) is 0 Å². The lowest BCUT2D eigenvalue weighted by Crippen LogP contribution is -2.05. The first kappa shape index (κ1) is 25.3. The van der Waals surface area contributed by atoms with E-state index >= 15 is 0 Å². The van der Waals surface area contributed by atoms with Gasteiger partial charge in [0.05, 0.1) is 19.8 Å². The van der Waals surface area contributed by atoms with Crippen molar-refractivity contribution in [1.82, 2.24) is 0 Å². The van der Waals surface area contributed by atoms with E-state index in [1.807, 2.05) is 0 Å². The summed E-state index contributed by atoms with van der Waals surface area (Å²) < 4.78 is 23.4. The van der Waals surface area contributed by atoms with Gasteiger partial charge >= 0.3 is 0 Å². The number of hydrogen-bond acceptors (Lipinski definition) is 7. The summed E-state index contributed by atoms with van der Waals surface area (Å²) in [5, 5.41) is 20.9. The summed E-state index contributed by atoms with van der Waals surface area (Å²) in [6.45, 7) is 7.79. The number of ether oxygens (including phenoxy) is 3. The van der Waals surface area contributed by atoms with Gasteiger partial charge in [-0.3, -0.25) is 4.79 Å². The summed E-state index contributed by atoms with van der Waals surface area (Å²) >= 11 is 0. The third-order valence-corrected chi connectivity index (χ3v) is 5.41. The summed E-state index contributed by atoms with van der Waals surface area (Å²) in [6.07, 6.45) is 5.62. The van der Waals surface area contributed by atoms with E-state index in [4.69, 9.17) is 18.6 Å². The van der Waals surface area contributed by atoms with E-state index in [0.717, 1.165) is 38.5 Å². The zero-order chi connectivity index (χ0) is 24.5. The van der Waals surface area contributed by atoms with Crippen molar-refractivity contribution < 1.29 is 28.8 Å². The van der Waals surface area contributed by atoms with Crippen LogP contribution in [0.1, 0.15) is 59.3 Å². The molecule has 1 aromatic heterocycles. The molecule has 3 rings (SSSR count). The maximum absolute atomic E-state index is 12.9. The van der Waals surface area contributed by atoms with E-state index in [2.05, 4.69) is 20.8 Å². The first-order valence-corrected chi connectivity index (χ1v) is 12.1. The molecule has 0 aliphatic carbocycles. The number of phenols is 1. The molecule has 7 heteroatoms. The molecule has 0 atom stereocenters. The van der Waals surface area contributed by atoms with Gasteiger partial charge in [0.15, 0.2) is 17.3 Å². The molecule has 0 spiro atoms. The van der Waals surface area contributed by atoms with Crippen molar-refractivity contribution in [3.8, 4) is 40.1 Å². The van der Waals surface area contributed by atoms with Gasteiger partial charge in [-0.25, -0.2) is 0 Å². The van der Waals surface area contributed by atoms with E-state index in [1.54, 1.807) is 24.3 Å². The molecule has 0 saturated heterocycles. The zero-order valence-electron chi connectivity index (χ0n) is 20.2. The molecule has 0 unspecified atom stereocenters. The first-order chi connectivity index (χ1) is 16.5. The Kier molecular flexibility index (Phi) is 9.08. The number of fused-ring (bicyclic) bond motifs is 1. The van der Waals surface area contributed by atoms with Crippen LogP contribution in [0.3, 0.4) is 0 Å². The Morgan fingerprint density at radius 3 is 2.06 bits per heavy atom. The van der Waals surface area contributed by atoms with Crippen LogP contribution in [0.5, 0.6) is 28.7 Å². The van der Waals surface area contributed by atoms with Crippen molar-refractivity contribution in [2.75, 3.05) is 19.8 Å². The molecule has 2 N–H and O–H groups in total. The lowest BCUT2D eigenvalue weighted by Gasteiger charge is -2.15. The summed E-state index contributed by atoms with van der Waals surface area (Å²) in [5.41, 5.74) is -0.130. The summed E-state index contributed by atoms with van der Waals surface area (Å²) in [4.78, 5) is 12.9. The average molecular weight is 471 g/mol. The first-order valence-electron chi connectivity index (χ1n) is 12.1. The van der Waals surface area contributed by atoms with Crippen LogP contribution in [-0.4, -0.2) is 30.0 Å². The largest absolute Gasteiger partial charge is 0.507 e. The van der Waals surface area contributed by atoms with E-state index in [0.29, 0.717) is 42.6 Å². The second-order valence-corrected chi connectivity index (χ2v) is 8.19. The highest BCUT2D eigenvalue weighted by molar-refractivity contribution is 5.88. The molecule has 2 aromatic carbocycles. The minimum absolute atomic E-state index is 0.0111. The Morgan fingerprint density at radius 1 is 0.794 bits per heavy atom. The van der Waals surface area contributed by atoms with Gasteiger partial charge in [-0.05, 0) is 37.5 Å². The average Bonchev–Trinajstić information content (AvgIpc) is 2.82. The molecule has 3 aromatic rings. The van der Waals surface area contributed by atoms with Crippen LogP contribution in [0.4, 0.5) is 0 Å². The van der Waals surface area contributed by atoms with Crippen molar-refractivity contribution in [3.63, 3.8) is 0 Å². The van der Waals surface area contributed by atoms with E-state index in [1.165, 1.54) is 6.07 Å². The standard InChI is InChI=1S/C27H34O7/c1-4-7-12-31-19-16-20(28)24-23(17-19)34-27(26(30)25(24)29)18-10-11-21(32-13-8-5-2)22(15-18)33-14-9-6-3/h10-11,15-17,28,30H,4-9,12-14H2,1-3H3. The zero-order valence-corrected chi connectivity index (χ0v) is 20.2. The van der Waals surface area contributed by atoms with Gasteiger partial charge in [0, 0.05) is 17.7 Å². The second-order valence-electron chi connectivity index (χ2n) is 8.19. The molecule has 34 heavy (non-hydrogen) atoms. The lowest BCUT2D eigenvalue weighted by molar-refractivity contribution is 0.262. The maximum atomic E-state index is 12.9. The van der Waals surface area contributed by atoms with Gasteiger partial charge in [-0.2, -0.15) is 0 Å².